The summed E-state index contributed by atoms with van der Waals surface area (Å²) in [6.45, 7) is 7.33. The van der Waals surface area contributed by atoms with E-state index in [9.17, 15) is 0 Å². The summed E-state index contributed by atoms with van der Waals surface area (Å²) in [4.78, 5) is 0. The van der Waals surface area contributed by atoms with Gasteiger partial charge in [0.1, 0.15) is 12.2 Å². The Labute approximate surface area is 98.2 Å². The van der Waals surface area contributed by atoms with E-state index in [1.54, 1.807) is 0 Å². The summed E-state index contributed by atoms with van der Waals surface area (Å²) in [6, 6.07) is 0.444. The highest BCUT2D eigenvalue weighted by Crippen LogP contribution is 2.16. The molecule has 0 aliphatic carbocycles. The fourth-order valence-electron chi connectivity index (χ4n) is 2.00. The van der Waals surface area contributed by atoms with Crippen LogP contribution in [-0.4, -0.2) is 21.3 Å². The zero-order chi connectivity index (χ0) is 12.0. The maximum Gasteiger partial charge on any atom is 0.133 e. The average molecular weight is 224 g/mol. The smallest absolute Gasteiger partial charge is 0.133 e. The molecule has 0 radical (unpaired) electrons. The van der Waals surface area contributed by atoms with Gasteiger partial charge in [0, 0.05) is 12.5 Å². The van der Waals surface area contributed by atoms with Crippen LogP contribution in [0.5, 0.6) is 0 Å². The molecule has 1 unspecified atom stereocenters. The van der Waals surface area contributed by atoms with Crippen LogP contribution in [0.25, 0.3) is 0 Å². The fraction of sp³-hybridized carbons (Fsp3) is 0.833. The van der Waals surface area contributed by atoms with E-state index in [-0.39, 0.29) is 0 Å². The number of aromatic nitrogens is 3. The summed E-state index contributed by atoms with van der Waals surface area (Å²) >= 11 is 0. The van der Waals surface area contributed by atoms with Crippen molar-refractivity contribution in [3.05, 3.63) is 12.2 Å². The van der Waals surface area contributed by atoms with E-state index in [1.807, 2.05) is 6.33 Å². The van der Waals surface area contributed by atoms with Crippen LogP contribution < -0.4 is 5.73 Å². The summed E-state index contributed by atoms with van der Waals surface area (Å²) < 4.78 is 2.15. The molecule has 1 atom stereocenters. The van der Waals surface area contributed by atoms with Crippen molar-refractivity contribution in [1.29, 1.82) is 0 Å². The number of nitrogens with two attached hydrogens (primary N) is 1. The maximum absolute atomic E-state index is 5.60. The third-order valence-corrected chi connectivity index (χ3v) is 3.13. The molecule has 1 aromatic rings. The number of nitrogens with zero attached hydrogens (tertiary/aromatic N) is 3. The average Bonchev–Trinajstić information content (AvgIpc) is 2.72. The van der Waals surface area contributed by atoms with E-state index in [2.05, 4.69) is 35.5 Å². The van der Waals surface area contributed by atoms with Gasteiger partial charge in [0.05, 0.1) is 0 Å². The second kappa shape index (κ2) is 6.63. The normalized spacial score (nSPS) is 13.3. The van der Waals surface area contributed by atoms with Gasteiger partial charge in [-0.2, -0.15) is 0 Å². The summed E-state index contributed by atoms with van der Waals surface area (Å²) in [7, 11) is 0. The predicted molar refractivity (Wildman–Crippen MR) is 66.2 cm³/mol. The first-order chi connectivity index (χ1) is 7.69. The van der Waals surface area contributed by atoms with Gasteiger partial charge in [0.15, 0.2) is 0 Å². The molecule has 0 aromatic carbocycles. The van der Waals surface area contributed by atoms with Crippen LogP contribution >= 0.6 is 0 Å². The monoisotopic (exact) mass is 224 g/mol. The lowest BCUT2D eigenvalue weighted by molar-refractivity contribution is 0.430. The minimum atomic E-state index is 0.444. The highest BCUT2D eigenvalue weighted by molar-refractivity contribution is 4.88. The Balaban J connectivity index is 2.49. The molecule has 0 fully saturated rings. The van der Waals surface area contributed by atoms with Gasteiger partial charge in [-0.25, -0.2) is 0 Å². The largest absolute Gasteiger partial charge is 0.330 e. The van der Waals surface area contributed by atoms with Crippen molar-refractivity contribution in [3.63, 3.8) is 0 Å². The number of hydrogen-bond acceptors (Lipinski definition) is 3. The van der Waals surface area contributed by atoms with Crippen molar-refractivity contribution in [1.82, 2.24) is 14.8 Å². The molecule has 2 N–H and O–H groups in total. The number of hydrogen-bond donors (Lipinski definition) is 1. The number of aryl methyl sites for hydroxylation is 1. The summed E-state index contributed by atoms with van der Waals surface area (Å²) in [5.41, 5.74) is 5.60. The summed E-state index contributed by atoms with van der Waals surface area (Å²) in [6.07, 6.45) is 6.32. The lowest BCUT2D eigenvalue weighted by Gasteiger charge is -2.14. The lowest BCUT2D eigenvalue weighted by Crippen LogP contribution is -2.11. The lowest BCUT2D eigenvalue weighted by atomic mass is 9.96. The van der Waals surface area contributed by atoms with Gasteiger partial charge in [-0.3, -0.25) is 0 Å². The van der Waals surface area contributed by atoms with Crippen molar-refractivity contribution in [2.24, 2.45) is 11.7 Å². The Morgan fingerprint density at radius 2 is 2.12 bits per heavy atom. The quantitative estimate of drug-likeness (QED) is 0.772. The first-order valence-corrected chi connectivity index (χ1v) is 6.27. The number of rotatable bonds is 7. The van der Waals surface area contributed by atoms with Crippen LogP contribution in [-0.2, 0) is 6.42 Å². The molecule has 4 heteroatoms. The van der Waals surface area contributed by atoms with Gasteiger partial charge >= 0.3 is 0 Å². The molecule has 0 saturated heterocycles. The third-order valence-electron chi connectivity index (χ3n) is 3.13. The maximum atomic E-state index is 5.60. The van der Waals surface area contributed by atoms with E-state index < -0.39 is 0 Å². The molecule has 0 saturated carbocycles. The molecule has 0 aliphatic rings. The molecule has 1 heterocycles. The van der Waals surface area contributed by atoms with E-state index in [0.29, 0.717) is 6.04 Å². The van der Waals surface area contributed by atoms with Gasteiger partial charge in [-0.15, -0.1) is 10.2 Å². The Kier molecular flexibility index (Phi) is 5.46. The van der Waals surface area contributed by atoms with Crippen LogP contribution in [0.15, 0.2) is 6.33 Å². The molecule has 0 bridgehead atoms. The molecular formula is C12H24N4. The second-order valence-electron chi connectivity index (χ2n) is 4.64. The Morgan fingerprint density at radius 3 is 2.69 bits per heavy atom. The molecule has 0 spiro atoms. The van der Waals surface area contributed by atoms with Gasteiger partial charge < -0.3 is 10.3 Å². The Morgan fingerprint density at radius 1 is 1.38 bits per heavy atom. The topological polar surface area (TPSA) is 56.7 Å². The second-order valence-corrected chi connectivity index (χ2v) is 4.64. The van der Waals surface area contributed by atoms with Crippen LogP contribution in [0.2, 0.25) is 0 Å². The highest BCUT2D eigenvalue weighted by atomic mass is 15.3. The molecule has 0 amide bonds. The summed E-state index contributed by atoms with van der Waals surface area (Å²) in [5, 5.41) is 8.17. The zero-order valence-corrected chi connectivity index (χ0v) is 10.7. The van der Waals surface area contributed by atoms with Gasteiger partial charge in [-0.1, -0.05) is 13.3 Å². The zero-order valence-electron chi connectivity index (χ0n) is 10.7. The standard InChI is InChI=1S/C12H24N4/c1-4-11(7-8-13)5-6-12-15-14-9-16(12)10(2)3/h9-11H,4-8,13H2,1-3H3. The van der Waals surface area contributed by atoms with Gasteiger partial charge in [0.25, 0.3) is 0 Å². The summed E-state index contributed by atoms with van der Waals surface area (Å²) in [5.74, 6) is 1.83. The van der Waals surface area contributed by atoms with Crippen molar-refractivity contribution in [3.8, 4) is 0 Å². The minimum Gasteiger partial charge on any atom is -0.330 e. The molecule has 92 valence electrons. The molecule has 1 rings (SSSR count). The van der Waals surface area contributed by atoms with E-state index >= 15 is 0 Å². The van der Waals surface area contributed by atoms with E-state index in [1.165, 1.54) is 12.8 Å². The fourth-order valence-corrected chi connectivity index (χ4v) is 2.00. The van der Waals surface area contributed by atoms with Gasteiger partial charge in [-0.05, 0) is 39.2 Å². The first-order valence-electron chi connectivity index (χ1n) is 6.27. The minimum absolute atomic E-state index is 0.444. The van der Waals surface area contributed by atoms with Crippen LogP contribution in [0.3, 0.4) is 0 Å². The van der Waals surface area contributed by atoms with Crippen molar-refractivity contribution < 1.29 is 0 Å². The van der Waals surface area contributed by atoms with Crippen molar-refractivity contribution >= 4 is 0 Å². The SMILES string of the molecule is CCC(CCN)CCc1nncn1C(C)C. The van der Waals surface area contributed by atoms with Crippen molar-refractivity contribution in [2.75, 3.05) is 6.54 Å². The van der Waals surface area contributed by atoms with Crippen LogP contribution in [0.4, 0.5) is 0 Å². The highest BCUT2D eigenvalue weighted by Gasteiger charge is 2.10. The molecule has 4 nitrogen and oxygen atoms in total. The molecular weight excluding hydrogens is 200 g/mol. The third kappa shape index (κ3) is 3.59. The Hall–Kier alpha value is -0.900. The van der Waals surface area contributed by atoms with Crippen LogP contribution in [0, 0.1) is 5.92 Å². The molecule has 0 aliphatic heterocycles. The molecule has 16 heavy (non-hydrogen) atoms. The van der Waals surface area contributed by atoms with Crippen molar-refractivity contribution in [2.45, 2.75) is 52.5 Å². The molecule has 1 aromatic heterocycles. The van der Waals surface area contributed by atoms with Crippen LogP contribution in [0.1, 0.15) is 51.9 Å². The Bertz CT molecular complexity index is 293. The first kappa shape index (κ1) is 13.2. The van der Waals surface area contributed by atoms with E-state index in [4.69, 9.17) is 5.73 Å². The predicted octanol–water partition coefficient (Wildman–Crippen LogP) is 2.17. The van der Waals surface area contributed by atoms with Gasteiger partial charge in [0.2, 0.25) is 0 Å². The van der Waals surface area contributed by atoms with E-state index in [0.717, 1.165) is 31.1 Å².